The van der Waals surface area contributed by atoms with Crippen molar-refractivity contribution in [2.24, 2.45) is 0 Å². The number of aliphatic hydroxyl groups excluding tert-OH is 1. The molecule has 1 aromatic carbocycles. The van der Waals surface area contributed by atoms with Gasteiger partial charge in [-0.05, 0) is 19.8 Å². The molecule has 3 aromatic rings. The molecule has 21 heavy (non-hydrogen) atoms. The number of benzene rings is 1. The van der Waals surface area contributed by atoms with Crippen molar-refractivity contribution in [1.82, 2.24) is 20.0 Å². The summed E-state index contributed by atoms with van der Waals surface area (Å²) in [7, 11) is 0. The fourth-order valence-corrected chi connectivity index (χ4v) is 2.95. The zero-order valence-electron chi connectivity index (χ0n) is 11.7. The summed E-state index contributed by atoms with van der Waals surface area (Å²) in [6.45, 7) is 2.15. The summed E-state index contributed by atoms with van der Waals surface area (Å²) >= 11 is 1.55. The molecule has 0 saturated heterocycles. The summed E-state index contributed by atoms with van der Waals surface area (Å²) in [6, 6.07) is 10.1. The Morgan fingerprint density at radius 2 is 2.05 bits per heavy atom. The molecule has 0 bridgehead atoms. The predicted molar refractivity (Wildman–Crippen MR) is 82.6 cm³/mol. The summed E-state index contributed by atoms with van der Waals surface area (Å²) in [5.41, 5.74) is 3.94. The highest BCUT2D eigenvalue weighted by Crippen LogP contribution is 2.24. The van der Waals surface area contributed by atoms with Crippen LogP contribution in [0.15, 0.2) is 35.7 Å². The van der Waals surface area contributed by atoms with Crippen LogP contribution in [0.3, 0.4) is 0 Å². The Bertz CT molecular complexity index is 720. The molecule has 2 aromatic heterocycles. The van der Waals surface area contributed by atoms with Crippen LogP contribution in [0.25, 0.3) is 16.4 Å². The van der Waals surface area contributed by atoms with Crippen LogP contribution in [0.4, 0.5) is 0 Å². The number of hydrogen-bond acceptors (Lipinski definition) is 5. The van der Waals surface area contributed by atoms with E-state index in [1.807, 2.05) is 42.6 Å². The van der Waals surface area contributed by atoms with E-state index in [-0.39, 0.29) is 6.61 Å². The zero-order valence-corrected chi connectivity index (χ0v) is 12.5. The lowest BCUT2D eigenvalue weighted by atomic mass is 10.2. The van der Waals surface area contributed by atoms with Crippen molar-refractivity contribution in [2.45, 2.75) is 19.8 Å². The molecule has 1 N–H and O–H groups in total. The van der Waals surface area contributed by atoms with Gasteiger partial charge in [-0.15, -0.1) is 16.4 Å². The molecule has 108 valence electrons. The highest BCUT2D eigenvalue weighted by Gasteiger charge is 2.13. The molecule has 0 radical (unpaired) electrons. The average Bonchev–Trinajstić information content (AvgIpc) is 3.13. The molecule has 0 atom stereocenters. The van der Waals surface area contributed by atoms with Gasteiger partial charge in [0, 0.05) is 17.6 Å². The van der Waals surface area contributed by atoms with Crippen molar-refractivity contribution >= 4 is 11.3 Å². The predicted octanol–water partition coefficient (Wildman–Crippen LogP) is 2.62. The second kappa shape index (κ2) is 6.15. The van der Waals surface area contributed by atoms with E-state index in [0.29, 0.717) is 6.42 Å². The minimum Gasteiger partial charge on any atom is -0.396 e. The lowest BCUT2D eigenvalue weighted by molar-refractivity contribution is 0.288. The van der Waals surface area contributed by atoms with Crippen LogP contribution < -0.4 is 0 Å². The van der Waals surface area contributed by atoms with Gasteiger partial charge in [-0.3, -0.25) is 0 Å². The largest absolute Gasteiger partial charge is 0.396 e. The number of nitrogens with zero attached hydrogens (tertiary/aromatic N) is 4. The van der Waals surface area contributed by atoms with E-state index in [1.54, 1.807) is 16.0 Å². The highest BCUT2D eigenvalue weighted by atomic mass is 32.1. The number of thiazole rings is 1. The molecule has 6 heteroatoms. The minimum absolute atomic E-state index is 0.168. The van der Waals surface area contributed by atoms with Gasteiger partial charge in [0.2, 0.25) is 5.13 Å². The normalized spacial score (nSPS) is 11.0. The molecule has 2 heterocycles. The topological polar surface area (TPSA) is 63.8 Å². The van der Waals surface area contributed by atoms with Crippen molar-refractivity contribution in [3.05, 3.63) is 47.1 Å². The van der Waals surface area contributed by atoms with Crippen LogP contribution in [0, 0.1) is 6.92 Å². The first kappa shape index (κ1) is 13.9. The lowest BCUT2D eigenvalue weighted by Crippen LogP contribution is -1.99. The molecule has 0 spiro atoms. The first-order valence-electron chi connectivity index (χ1n) is 6.83. The molecule has 0 aliphatic rings. The maximum atomic E-state index is 8.91. The summed E-state index contributed by atoms with van der Waals surface area (Å²) in [5.74, 6) is 0. The molecule has 3 rings (SSSR count). The molecule has 0 unspecified atom stereocenters. The molecule has 0 amide bonds. The molecule has 0 saturated carbocycles. The van der Waals surface area contributed by atoms with Gasteiger partial charge in [-0.25, -0.2) is 4.98 Å². The van der Waals surface area contributed by atoms with Crippen LogP contribution in [0.5, 0.6) is 0 Å². The average molecular weight is 300 g/mol. The van der Waals surface area contributed by atoms with Crippen LogP contribution in [0.2, 0.25) is 0 Å². The van der Waals surface area contributed by atoms with Crippen LogP contribution in [-0.4, -0.2) is 31.7 Å². The monoisotopic (exact) mass is 300 g/mol. The SMILES string of the molecule is Cc1c(CCCO)nnn1-c1nc(-c2ccccc2)cs1. The van der Waals surface area contributed by atoms with Crippen molar-refractivity contribution in [3.63, 3.8) is 0 Å². The van der Waals surface area contributed by atoms with Gasteiger partial charge in [0.25, 0.3) is 0 Å². The van der Waals surface area contributed by atoms with E-state index in [0.717, 1.165) is 34.2 Å². The zero-order chi connectivity index (χ0) is 14.7. The summed E-state index contributed by atoms with van der Waals surface area (Å²) in [5, 5.41) is 20.1. The van der Waals surface area contributed by atoms with Gasteiger partial charge < -0.3 is 5.11 Å². The van der Waals surface area contributed by atoms with Crippen molar-refractivity contribution < 1.29 is 5.11 Å². The molecule has 0 aliphatic carbocycles. The highest BCUT2D eigenvalue weighted by molar-refractivity contribution is 7.12. The van der Waals surface area contributed by atoms with Crippen LogP contribution in [0.1, 0.15) is 17.8 Å². The summed E-state index contributed by atoms with van der Waals surface area (Å²) < 4.78 is 1.77. The Morgan fingerprint density at radius 3 is 2.81 bits per heavy atom. The lowest BCUT2D eigenvalue weighted by Gasteiger charge is -1.99. The Kier molecular flexibility index (Phi) is 4.08. The molecule has 0 aliphatic heterocycles. The Balaban J connectivity index is 1.88. The third-order valence-electron chi connectivity index (χ3n) is 3.30. The van der Waals surface area contributed by atoms with Crippen molar-refractivity contribution in [1.29, 1.82) is 0 Å². The molecule has 5 nitrogen and oxygen atoms in total. The number of aromatic nitrogens is 4. The Morgan fingerprint density at radius 1 is 1.24 bits per heavy atom. The van der Waals surface area contributed by atoms with Gasteiger partial charge >= 0.3 is 0 Å². The van der Waals surface area contributed by atoms with Gasteiger partial charge in [0.05, 0.1) is 17.1 Å². The van der Waals surface area contributed by atoms with Gasteiger partial charge in [-0.1, -0.05) is 35.5 Å². The van der Waals surface area contributed by atoms with Crippen LogP contribution >= 0.6 is 11.3 Å². The van der Waals surface area contributed by atoms with E-state index in [9.17, 15) is 0 Å². The molecular weight excluding hydrogens is 284 g/mol. The Hall–Kier alpha value is -2.05. The second-order valence-electron chi connectivity index (χ2n) is 4.74. The maximum absolute atomic E-state index is 8.91. The maximum Gasteiger partial charge on any atom is 0.212 e. The fourth-order valence-electron chi connectivity index (χ4n) is 2.12. The van der Waals surface area contributed by atoms with Gasteiger partial charge in [-0.2, -0.15) is 4.68 Å². The summed E-state index contributed by atoms with van der Waals surface area (Å²) in [6.07, 6.45) is 1.44. The molecular formula is C15H16N4OS. The fraction of sp³-hybridized carbons (Fsp3) is 0.267. The summed E-state index contributed by atoms with van der Waals surface area (Å²) in [4.78, 5) is 4.63. The molecule has 0 fully saturated rings. The number of rotatable bonds is 5. The number of aryl methyl sites for hydroxylation is 1. The van der Waals surface area contributed by atoms with Gasteiger partial charge in [0.15, 0.2) is 0 Å². The first-order chi connectivity index (χ1) is 10.3. The van der Waals surface area contributed by atoms with E-state index in [4.69, 9.17) is 5.11 Å². The van der Waals surface area contributed by atoms with Crippen molar-refractivity contribution in [3.8, 4) is 16.4 Å². The van der Waals surface area contributed by atoms with E-state index < -0.39 is 0 Å². The van der Waals surface area contributed by atoms with E-state index >= 15 is 0 Å². The van der Waals surface area contributed by atoms with E-state index in [1.165, 1.54) is 0 Å². The standard InChI is InChI=1S/C15H16N4OS/c1-11-13(8-5-9-20)17-18-19(11)15-16-14(10-21-15)12-6-3-2-4-7-12/h2-4,6-7,10,20H,5,8-9H2,1H3. The first-order valence-corrected chi connectivity index (χ1v) is 7.71. The third kappa shape index (κ3) is 2.86. The van der Waals surface area contributed by atoms with Crippen LogP contribution in [-0.2, 0) is 6.42 Å². The third-order valence-corrected chi connectivity index (χ3v) is 4.12. The quantitative estimate of drug-likeness (QED) is 0.786. The second-order valence-corrected chi connectivity index (χ2v) is 5.58. The minimum atomic E-state index is 0.168. The number of aliphatic hydroxyl groups is 1. The Labute approximate surface area is 126 Å². The smallest absolute Gasteiger partial charge is 0.212 e. The van der Waals surface area contributed by atoms with Gasteiger partial charge in [0.1, 0.15) is 0 Å². The van der Waals surface area contributed by atoms with E-state index in [2.05, 4.69) is 15.3 Å². The van der Waals surface area contributed by atoms with Crippen molar-refractivity contribution in [2.75, 3.05) is 6.61 Å². The number of hydrogen-bond donors (Lipinski definition) is 1.